The molecule has 0 spiro atoms. The van der Waals surface area contributed by atoms with Gasteiger partial charge in [-0.1, -0.05) is 20.8 Å². The SMILES string of the molecule is CCc1cc(C(=O)NC(CCN)C(C)C)n(C)n1. The standard InChI is InChI=1S/C13H24N4O/c1-5-10-8-12(17(4)16-10)13(18)15-11(6-7-14)9(2)3/h8-9,11H,5-7,14H2,1-4H3,(H,15,18). The first kappa shape index (κ1) is 14.7. The number of hydrogen-bond donors (Lipinski definition) is 2. The number of carbonyl (C=O) groups excluding carboxylic acids is 1. The van der Waals surface area contributed by atoms with Crippen LogP contribution in [0, 0.1) is 5.92 Å². The van der Waals surface area contributed by atoms with Crippen LogP contribution in [0.2, 0.25) is 0 Å². The number of aryl methyl sites for hydroxylation is 2. The molecule has 1 rings (SSSR count). The van der Waals surface area contributed by atoms with Gasteiger partial charge in [-0.3, -0.25) is 9.48 Å². The Morgan fingerprint density at radius 2 is 2.22 bits per heavy atom. The Hall–Kier alpha value is -1.36. The molecule has 1 heterocycles. The summed E-state index contributed by atoms with van der Waals surface area (Å²) in [6, 6.07) is 1.96. The van der Waals surface area contributed by atoms with E-state index >= 15 is 0 Å². The lowest BCUT2D eigenvalue weighted by atomic mass is 10.0. The predicted molar refractivity (Wildman–Crippen MR) is 72.3 cm³/mol. The van der Waals surface area contributed by atoms with E-state index < -0.39 is 0 Å². The molecule has 18 heavy (non-hydrogen) atoms. The Labute approximate surface area is 109 Å². The van der Waals surface area contributed by atoms with Crippen LogP contribution in [0.3, 0.4) is 0 Å². The largest absolute Gasteiger partial charge is 0.348 e. The zero-order valence-corrected chi connectivity index (χ0v) is 11.7. The Kier molecular flexibility index (Phi) is 5.34. The molecule has 1 aromatic rings. The lowest BCUT2D eigenvalue weighted by Crippen LogP contribution is -2.40. The molecule has 0 aromatic carbocycles. The van der Waals surface area contributed by atoms with Crippen molar-refractivity contribution < 1.29 is 4.79 Å². The van der Waals surface area contributed by atoms with Gasteiger partial charge < -0.3 is 11.1 Å². The predicted octanol–water partition coefficient (Wildman–Crippen LogP) is 1.09. The Morgan fingerprint density at radius 1 is 1.56 bits per heavy atom. The molecule has 1 amide bonds. The van der Waals surface area contributed by atoms with Crippen molar-refractivity contribution >= 4 is 5.91 Å². The fourth-order valence-corrected chi connectivity index (χ4v) is 1.91. The summed E-state index contributed by atoms with van der Waals surface area (Å²) in [5.74, 6) is 0.299. The average molecular weight is 252 g/mol. The third-order valence-corrected chi connectivity index (χ3v) is 3.12. The van der Waals surface area contributed by atoms with Crippen LogP contribution in [0.1, 0.15) is 43.4 Å². The van der Waals surface area contributed by atoms with Gasteiger partial charge in [0.05, 0.1) is 5.69 Å². The lowest BCUT2D eigenvalue weighted by Gasteiger charge is -2.21. The maximum absolute atomic E-state index is 12.2. The van der Waals surface area contributed by atoms with Crippen molar-refractivity contribution in [2.45, 2.75) is 39.7 Å². The molecule has 3 N–H and O–H groups in total. The number of aromatic nitrogens is 2. The quantitative estimate of drug-likeness (QED) is 0.796. The topological polar surface area (TPSA) is 72.9 Å². The molecule has 0 saturated carbocycles. The van der Waals surface area contributed by atoms with Gasteiger partial charge in [0.15, 0.2) is 0 Å². The van der Waals surface area contributed by atoms with Crippen molar-refractivity contribution in [2.75, 3.05) is 6.54 Å². The van der Waals surface area contributed by atoms with Gasteiger partial charge in [-0.15, -0.1) is 0 Å². The third-order valence-electron chi connectivity index (χ3n) is 3.12. The molecule has 0 saturated heterocycles. The fraction of sp³-hybridized carbons (Fsp3) is 0.692. The minimum absolute atomic E-state index is 0.0724. The van der Waals surface area contributed by atoms with E-state index in [9.17, 15) is 4.79 Å². The molecule has 1 aromatic heterocycles. The minimum Gasteiger partial charge on any atom is -0.348 e. The van der Waals surface area contributed by atoms with Gasteiger partial charge in [0, 0.05) is 13.1 Å². The number of nitrogens with zero attached hydrogens (tertiary/aromatic N) is 2. The van der Waals surface area contributed by atoms with E-state index in [0.29, 0.717) is 18.2 Å². The number of nitrogens with two attached hydrogens (primary N) is 1. The summed E-state index contributed by atoms with van der Waals surface area (Å²) in [5, 5.41) is 7.31. The van der Waals surface area contributed by atoms with Crippen molar-refractivity contribution in [3.05, 3.63) is 17.5 Å². The zero-order valence-electron chi connectivity index (χ0n) is 11.7. The lowest BCUT2D eigenvalue weighted by molar-refractivity contribution is 0.0914. The van der Waals surface area contributed by atoms with E-state index in [1.807, 2.05) is 13.0 Å². The van der Waals surface area contributed by atoms with Crippen LogP contribution >= 0.6 is 0 Å². The van der Waals surface area contributed by atoms with E-state index in [-0.39, 0.29) is 11.9 Å². The van der Waals surface area contributed by atoms with Crippen molar-refractivity contribution in [1.29, 1.82) is 0 Å². The van der Waals surface area contributed by atoms with E-state index in [2.05, 4.69) is 24.3 Å². The van der Waals surface area contributed by atoms with Crippen LogP contribution in [-0.2, 0) is 13.5 Å². The summed E-state index contributed by atoms with van der Waals surface area (Å²) >= 11 is 0. The smallest absolute Gasteiger partial charge is 0.269 e. The Bertz CT molecular complexity index is 398. The van der Waals surface area contributed by atoms with Crippen molar-refractivity contribution in [3.63, 3.8) is 0 Å². The molecule has 0 aliphatic rings. The first-order valence-corrected chi connectivity index (χ1v) is 6.53. The second-order valence-corrected chi connectivity index (χ2v) is 4.90. The molecule has 0 aliphatic heterocycles. The van der Waals surface area contributed by atoms with E-state index in [1.54, 1.807) is 11.7 Å². The maximum Gasteiger partial charge on any atom is 0.269 e. The number of hydrogen-bond acceptors (Lipinski definition) is 3. The van der Waals surface area contributed by atoms with Gasteiger partial charge in [-0.2, -0.15) is 5.10 Å². The Morgan fingerprint density at radius 3 is 2.67 bits per heavy atom. The summed E-state index contributed by atoms with van der Waals surface area (Å²) in [6.07, 6.45) is 1.62. The van der Waals surface area contributed by atoms with Gasteiger partial charge in [0.1, 0.15) is 5.69 Å². The van der Waals surface area contributed by atoms with Crippen LogP contribution in [0.15, 0.2) is 6.07 Å². The molecule has 5 heteroatoms. The molecule has 0 radical (unpaired) electrons. The number of amides is 1. The normalized spacial score (nSPS) is 12.8. The van der Waals surface area contributed by atoms with E-state index in [1.165, 1.54) is 0 Å². The maximum atomic E-state index is 12.2. The summed E-state index contributed by atoms with van der Waals surface area (Å²) in [6.45, 7) is 6.77. The van der Waals surface area contributed by atoms with Gasteiger partial charge in [-0.05, 0) is 31.4 Å². The number of carbonyl (C=O) groups is 1. The molecule has 5 nitrogen and oxygen atoms in total. The molecular formula is C13H24N4O. The van der Waals surface area contributed by atoms with E-state index in [4.69, 9.17) is 5.73 Å². The van der Waals surface area contributed by atoms with Gasteiger partial charge in [0.2, 0.25) is 0 Å². The van der Waals surface area contributed by atoms with Gasteiger partial charge in [-0.25, -0.2) is 0 Å². The van der Waals surface area contributed by atoms with E-state index in [0.717, 1.165) is 18.5 Å². The molecule has 1 atom stereocenters. The second-order valence-electron chi connectivity index (χ2n) is 4.90. The minimum atomic E-state index is -0.0724. The zero-order chi connectivity index (χ0) is 13.7. The Balaban J connectivity index is 2.76. The van der Waals surface area contributed by atoms with Crippen LogP contribution in [-0.4, -0.2) is 28.3 Å². The van der Waals surface area contributed by atoms with Gasteiger partial charge in [0.25, 0.3) is 5.91 Å². The first-order chi connectivity index (χ1) is 8.49. The molecule has 1 unspecified atom stereocenters. The highest BCUT2D eigenvalue weighted by Crippen LogP contribution is 2.08. The number of rotatable bonds is 6. The number of nitrogens with one attached hydrogen (secondary N) is 1. The van der Waals surface area contributed by atoms with Crippen LogP contribution in [0.4, 0.5) is 0 Å². The summed E-state index contributed by atoms with van der Waals surface area (Å²) in [7, 11) is 1.79. The molecule has 0 bridgehead atoms. The van der Waals surface area contributed by atoms with Crippen molar-refractivity contribution in [3.8, 4) is 0 Å². The van der Waals surface area contributed by atoms with Crippen LogP contribution < -0.4 is 11.1 Å². The fourth-order valence-electron chi connectivity index (χ4n) is 1.91. The highest BCUT2D eigenvalue weighted by molar-refractivity contribution is 5.92. The second kappa shape index (κ2) is 6.54. The summed E-state index contributed by atoms with van der Waals surface area (Å²) in [5.41, 5.74) is 7.11. The highest BCUT2D eigenvalue weighted by Gasteiger charge is 2.19. The van der Waals surface area contributed by atoms with Crippen LogP contribution in [0.25, 0.3) is 0 Å². The monoisotopic (exact) mass is 252 g/mol. The van der Waals surface area contributed by atoms with Crippen molar-refractivity contribution in [2.24, 2.45) is 18.7 Å². The summed E-state index contributed by atoms with van der Waals surface area (Å²) in [4.78, 5) is 12.2. The summed E-state index contributed by atoms with van der Waals surface area (Å²) < 4.78 is 1.63. The molecule has 102 valence electrons. The van der Waals surface area contributed by atoms with Gasteiger partial charge >= 0.3 is 0 Å². The molecular weight excluding hydrogens is 228 g/mol. The first-order valence-electron chi connectivity index (χ1n) is 6.53. The highest BCUT2D eigenvalue weighted by atomic mass is 16.2. The van der Waals surface area contributed by atoms with Crippen LogP contribution in [0.5, 0.6) is 0 Å². The molecule has 0 aliphatic carbocycles. The molecule has 0 fully saturated rings. The van der Waals surface area contributed by atoms with Crippen molar-refractivity contribution in [1.82, 2.24) is 15.1 Å². The average Bonchev–Trinajstić information content (AvgIpc) is 2.69. The third kappa shape index (κ3) is 3.57.